The minimum atomic E-state index is -0.498. The highest BCUT2D eigenvalue weighted by Crippen LogP contribution is 2.35. The number of hydrogen-bond donors (Lipinski definition) is 1. The highest BCUT2D eigenvalue weighted by atomic mass is 16.5. The van der Waals surface area contributed by atoms with E-state index < -0.39 is 6.10 Å². The topological polar surface area (TPSA) is 58.6 Å². The molecule has 0 radical (unpaired) electrons. The Labute approximate surface area is 128 Å². The number of fused-ring (bicyclic) bond motifs is 1. The summed E-state index contributed by atoms with van der Waals surface area (Å²) in [6, 6.07) is 14.2. The van der Waals surface area contributed by atoms with Crippen molar-refractivity contribution >= 4 is 23.2 Å². The number of carbonyl (C=O) groups excluding carboxylic acids is 2. The van der Waals surface area contributed by atoms with E-state index in [4.69, 9.17) is 4.74 Å². The van der Waals surface area contributed by atoms with Gasteiger partial charge in [0.15, 0.2) is 6.10 Å². The van der Waals surface area contributed by atoms with Gasteiger partial charge in [0.05, 0.1) is 5.69 Å². The van der Waals surface area contributed by atoms with Crippen LogP contribution in [-0.4, -0.2) is 25.0 Å². The third-order valence-corrected chi connectivity index (χ3v) is 3.60. The van der Waals surface area contributed by atoms with Crippen LogP contribution in [0.4, 0.5) is 11.4 Å². The summed E-state index contributed by atoms with van der Waals surface area (Å²) in [4.78, 5) is 25.7. The first-order chi connectivity index (χ1) is 10.6. The number of ether oxygens (including phenoxy) is 1. The molecule has 0 saturated carbocycles. The Morgan fingerprint density at radius 2 is 1.91 bits per heavy atom. The van der Waals surface area contributed by atoms with E-state index in [9.17, 15) is 9.59 Å². The number of benzene rings is 2. The quantitative estimate of drug-likeness (QED) is 0.927. The van der Waals surface area contributed by atoms with Gasteiger partial charge in [-0.3, -0.25) is 9.59 Å². The molecule has 0 bridgehead atoms. The molecule has 0 aliphatic carbocycles. The lowest BCUT2D eigenvalue weighted by atomic mass is 10.1. The first kappa shape index (κ1) is 14.1. The monoisotopic (exact) mass is 296 g/mol. The van der Waals surface area contributed by atoms with E-state index in [0.717, 1.165) is 0 Å². The molecule has 0 fully saturated rings. The van der Waals surface area contributed by atoms with Crippen LogP contribution in [0.25, 0.3) is 0 Å². The van der Waals surface area contributed by atoms with Crippen LogP contribution in [0.15, 0.2) is 48.5 Å². The van der Waals surface area contributed by atoms with E-state index >= 15 is 0 Å². The van der Waals surface area contributed by atoms with Crippen molar-refractivity contribution in [2.45, 2.75) is 13.0 Å². The van der Waals surface area contributed by atoms with Crippen molar-refractivity contribution in [2.75, 3.05) is 17.3 Å². The normalized spacial score (nSPS) is 16.7. The van der Waals surface area contributed by atoms with Gasteiger partial charge in [-0.05, 0) is 37.3 Å². The second kappa shape index (κ2) is 5.52. The van der Waals surface area contributed by atoms with Crippen LogP contribution in [0.2, 0.25) is 0 Å². The van der Waals surface area contributed by atoms with Crippen molar-refractivity contribution in [2.24, 2.45) is 0 Å². The van der Waals surface area contributed by atoms with Crippen molar-refractivity contribution < 1.29 is 14.3 Å². The predicted molar refractivity (Wildman–Crippen MR) is 84.3 cm³/mol. The molecule has 1 aliphatic rings. The van der Waals surface area contributed by atoms with E-state index in [1.54, 1.807) is 49.2 Å². The van der Waals surface area contributed by atoms with E-state index in [2.05, 4.69) is 5.32 Å². The second-order valence-electron chi connectivity index (χ2n) is 5.16. The zero-order valence-corrected chi connectivity index (χ0v) is 12.4. The smallest absolute Gasteiger partial charge is 0.267 e. The number of anilines is 2. The molecule has 2 amide bonds. The average molecular weight is 296 g/mol. The Morgan fingerprint density at radius 3 is 2.64 bits per heavy atom. The van der Waals surface area contributed by atoms with Crippen molar-refractivity contribution in [1.29, 1.82) is 0 Å². The zero-order chi connectivity index (χ0) is 15.7. The third-order valence-electron chi connectivity index (χ3n) is 3.60. The minimum Gasteiger partial charge on any atom is -0.479 e. The van der Waals surface area contributed by atoms with Gasteiger partial charge in [0, 0.05) is 18.3 Å². The fourth-order valence-corrected chi connectivity index (χ4v) is 2.38. The molecule has 0 spiro atoms. The van der Waals surface area contributed by atoms with E-state index in [1.165, 1.54) is 0 Å². The average Bonchev–Trinajstić information content (AvgIpc) is 2.54. The molecule has 1 N–H and O–H groups in total. The molecule has 2 aromatic carbocycles. The maximum Gasteiger partial charge on any atom is 0.267 e. The Balaban J connectivity index is 1.85. The van der Waals surface area contributed by atoms with Gasteiger partial charge >= 0.3 is 0 Å². The van der Waals surface area contributed by atoms with Gasteiger partial charge in [-0.25, -0.2) is 0 Å². The summed E-state index contributed by atoms with van der Waals surface area (Å²) in [5.41, 5.74) is 1.84. The summed E-state index contributed by atoms with van der Waals surface area (Å²) in [5.74, 6) is 0.325. The largest absolute Gasteiger partial charge is 0.479 e. The van der Waals surface area contributed by atoms with E-state index in [1.807, 2.05) is 18.2 Å². The van der Waals surface area contributed by atoms with E-state index in [0.29, 0.717) is 22.7 Å². The maximum absolute atomic E-state index is 12.2. The van der Waals surface area contributed by atoms with Crippen LogP contribution < -0.4 is 15.0 Å². The highest BCUT2D eigenvalue weighted by Gasteiger charge is 2.29. The van der Waals surface area contributed by atoms with Gasteiger partial charge in [-0.2, -0.15) is 0 Å². The molecular weight excluding hydrogens is 280 g/mol. The molecular formula is C17H16N2O3. The van der Waals surface area contributed by atoms with Gasteiger partial charge in [0.25, 0.3) is 11.8 Å². The molecule has 22 heavy (non-hydrogen) atoms. The lowest BCUT2D eigenvalue weighted by Crippen LogP contribution is -2.41. The van der Waals surface area contributed by atoms with Crippen LogP contribution in [0.5, 0.6) is 5.75 Å². The summed E-state index contributed by atoms with van der Waals surface area (Å²) in [7, 11) is 1.70. The van der Waals surface area contributed by atoms with Gasteiger partial charge in [0.2, 0.25) is 0 Å². The molecule has 5 heteroatoms. The lowest BCUT2D eigenvalue weighted by Gasteiger charge is -2.30. The van der Waals surface area contributed by atoms with Crippen LogP contribution >= 0.6 is 0 Å². The Hall–Kier alpha value is -2.82. The van der Waals surface area contributed by atoms with Crippen LogP contribution in [0.3, 0.4) is 0 Å². The molecule has 0 aromatic heterocycles. The van der Waals surface area contributed by atoms with Gasteiger partial charge < -0.3 is 15.0 Å². The predicted octanol–water partition coefficient (Wildman–Crippen LogP) is 2.68. The number of rotatable bonds is 2. The fourth-order valence-electron chi connectivity index (χ4n) is 2.38. The van der Waals surface area contributed by atoms with Gasteiger partial charge in [-0.1, -0.05) is 18.2 Å². The van der Waals surface area contributed by atoms with Gasteiger partial charge in [0.1, 0.15) is 5.75 Å². The molecule has 1 aliphatic heterocycles. The minimum absolute atomic E-state index is 0.112. The van der Waals surface area contributed by atoms with Crippen LogP contribution in [0, 0.1) is 0 Å². The molecule has 1 atom stereocenters. The van der Waals surface area contributed by atoms with E-state index in [-0.39, 0.29) is 11.8 Å². The molecule has 2 aromatic rings. The van der Waals surface area contributed by atoms with Crippen molar-refractivity contribution in [1.82, 2.24) is 0 Å². The summed E-state index contributed by atoms with van der Waals surface area (Å²) in [6.45, 7) is 1.72. The van der Waals surface area contributed by atoms with Gasteiger partial charge in [-0.15, -0.1) is 0 Å². The summed E-state index contributed by atoms with van der Waals surface area (Å²) >= 11 is 0. The number of likely N-dealkylation sites (N-methyl/N-ethyl adjacent to an activating group) is 1. The third kappa shape index (κ3) is 2.53. The van der Waals surface area contributed by atoms with Crippen molar-refractivity contribution in [3.63, 3.8) is 0 Å². The summed E-state index contributed by atoms with van der Waals surface area (Å²) in [6.07, 6.45) is -0.498. The first-order valence-corrected chi connectivity index (χ1v) is 7.01. The number of carbonyl (C=O) groups is 2. The maximum atomic E-state index is 12.2. The molecule has 0 saturated heterocycles. The molecule has 3 rings (SSSR count). The van der Waals surface area contributed by atoms with Crippen LogP contribution in [-0.2, 0) is 4.79 Å². The lowest BCUT2D eigenvalue weighted by molar-refractivity contribution is -0.125. The fraction of sp³-hybridized carbons (Fsp3) is 0.176. The number of amides is 2. The van der Waals surface area contributed by atoms with Crippen molar-refractivity contribution in [3.05, 3.63) is 54.1 Å². The Bertz CT molecular complexity index is 728. The zero-order valence-electron chi connectivity index (χ0n) is 12.4. The number of hydrogen-bond acceptors (Lipinski definition) is 3. The Kier molecular flexibility index (Phi) is 3.55. The molecule has 0 unspecified atom stereocenters. The molecule has 5 nitrogen and oxygen atoms in total. The number of nitrogens with zero attached hydrogens (tertiary/aromatic N) is 1. The molecule has 112 valence electrons. The standard InChI is InChI=1S/C17H16N2O3/c1-11-17(21)19(2)14-10-13(8-9-15(14)22-11)18-16(20)12-6-4-3-5-7-12/h3-11H,1-2H3,(H,18,20)/t11-/m1/s1. The summed E-state index contributed by atoms with van der Waals surface area (Å²) in [5, 5.41) is 2.82. The highest BCUT2D eigenvalue weighted by molar-refractivity contribution is 6.05. The second-order valence-corrected chi connectivity index (χ2v) is 5.16. The number of nitrogens with one attached hydrogen (secondary N) is 1. The summed E-state index contributed by atoms with van der Waals surface area (Å²) < 4.78 is 5.56. The van der Waals surface area contributed by atoms with Crippen LogP contribution in [0.1, 0.15) is 17.3 Å². The SMILES string of the molecule is C[C@H]1Oc2ccc(NC(=O)c3ccccc3)cc2N(C)C1=O. The van der Waals surface area contributed by atoms with Crippen molar-refractivity contribution in [3.8, 4) is 5.75 Å². The molecule has 1 heterocycles. The first-order valence-electron chi connectivity index (χ1n) is 7.01. The Morgan fingerprint density at radius 1 is 1.18 bits per heavy atom.